The van der Waals surface area contributed by atoms with Crippen molar-refractivity contribution in [3.8, 4) is 0 Å². The smallest absolute Gasteiger partial charge is 0.0547 e. The third-order valence-corrected chi connectivity index (χ3v) is 1.16. The van der Waals surface area contributed by atoms with Gasteiger partial charge >= 0.3 is 0 Å². The van der Waals surface area contributed by atoms with Gasteiger partial charge in [-0.05, 0) is 19.8 Å². The number of ether oxygens (including phenoxy) is 1. The maximum atomic E-state index is 5.15. The van der Waals surface area contributed by atoms with Crippen molar-refractivity contribution in [2.24, 2.45) is 0 Å². The van der Waals surface area contributed by atoms with Crippen molar-refractivity contribution in [1.29, 1.82) is 0 Å². The molecule has 0 aliphatic carbocycles. The van der Waals surface area contributed by atoms with Gasteiger partial charge < -0.3 is 4.74 Å². The summed E-state index contributed by atoms with van der Waals surface area (Å²) in [4.78, 5) is 0. The minimum atomic E-state index is 0. The lowest BCUT2D eigenvalue weighted by Crippen LogP contribution is -1.94. The molecule has 1 atom stereocenters. The fourth-order valence-corrected chi connectivity index (χ4v) is 0.739. The van der Waals surface area contributed by atoms with Crippen LogP contribution in [-0.4, -0.2) is 12.7 Å². The molecule has 1 nitrogen and oxygen atoms in total. The largest absolute Gasteiger partial charge is 0.379 e. The molecule has 0 aromatic rings. The lowest BCUT2D eigenvalue weighted by Gasteiger charge is -1.94. The van der Waals surface area contributed by atoms with Crippen molar-refractivity contribution in [3.05, 3.63) is 0 Å². The number of hydrogen-bond acceptors (Lipinski definition) is 1. The Morgan fingerprint density at radius 2 is 2.29 bits per heavy atom. The van der Waals surface area contributed by atoms with E-state index in [0.717, 1.165) is 6.61 Å². The summed E-state index contributed by atoms with van der Waals surface area (Å²) in [6.07, 6.45) is 3.08. The van der Waals surface area contributed by atoms with Crippen molar-refractivity contribution >= 4 is 0 Å². The van der Waals surface area contributed by atoms with Gasteiger partial charge in [0.05, 0.1) is 6.10 Å². The van der Waals surface area contributed by atoms with Crippen LogP contribution in [0.2, 0.25) is 0 Å². The Morgan fingerprint density at radius 1 is 1.57 bits per heavy atom. The molecular formula is C6H14O. The van der Waals surface area contributed by atoms with E-state index in [1.54, 1.807) is 0 Å². The minimum absolute atomic E-state index is 0. The van der Waals surface area contributed by atoms with Gasteiger partial charge in [-0.15, -0.1) is 0 Å². The van der Waals surface area contributed by atoms with E-state index >= 15 is 0 Å². The summed E-state index contributed by atoms with van der Waals surface area (Å²) in [5.41, 5.74) is 0. The molecule has 1 unspecified atom stereocenters. The summed E-state index contributed by atoms with van der Waals surface area (Å²) < 4.78 is 5.15. The van der Waals surface area contributed by atoms with Crippen molar-refractivity contribution in [1.82, 2.24) is 0 Å². The molecule has 1 aliphatic rings. The van der Waals surface area contributed by atoms with Crippen LogP contribution >= 0.6 is 0 Å². The fourth-order valence-electron chi connectivity index (χ4n) is 0.739. The molecule has 1 rings (SSSR count). The molecule has 0 saturated carbocycles. The van der Waals surface area contributed by atoms with E-state index in [4.69, 9.17) is 4.74 Å². The lowest BCUT2D eigenvalue weighted by atomic mass is 10.3. The molecule has 0 bridgehead atoms. The Balaban J connectivity index is 0.000000360. The molecule has 44 valence electrons. The highest BCUT2D eigenvalue weighted by molar-refractivity contribution is 4.56. The van der Waals surface area contributed by atoms with Crippen LogP contribution in [0.3, 0.4) is 0 Å². The van der Waals surface area contributed by atoms with Gasteiger partial charge in [0.1, 0.15) is 0 Å². The molecule has 7 heavy (non-hydrogen) atoms. The van der Waals surface area contributed by atoms with Crippen LogP contribution in [-0.2, 0) is 4.74 Å². The molecule has 0 N–H and O–H groups in total. The first-order chi connectivity index (χ1) is 2.89. The average molecular weight is 102 g/mol. The number of rotatable bonds is 0. The van der Waals surface area contributed by atoms with Crippen molar-refractivity contribution < 1.29 is 4.74 Å². The van der Waals surface area contributed by atoms with Crippen LogP contribution in [0.4, 0.5) is 0 Å². The van der Waals surface area contributed by atoms with E-state index in [1.807, 2.05) is 0 Å². The fraction of sp³-hybridized carbons (Fsp3) is 1.00. The second-order valence-corrected chi connectivity index (χ2v) is 1.82. The maximum absolute atomic E-state index is 5.15. The third-order valence-electron chi connectivity index (χ3n) is 1.16. The van der Waals surface area contributed by atoms with Gasteiger partial charge in [0.15, 0.2) is 0 Å². The van der Waals surface area contributed by atoms with Crippen molar-refractivity contribution in [3.63, 3.8) is 0 Å². The molecule has 0 aromatic carbocycles. The summed E-state index contributed by atoms with van der Waals surface area (Å²) >= 11 is 0. The number of hydrogen-bond donors (Lipinski definition) is 0. The topological polar surface area (TPSA) is 9.23 Å². The Morgan fingerprint density at radius 3 is 2.43 bits per heavy atom. The molecule has 1 saturated heterocycles. The van der Waals surface area contributed by atoms with Crippen LogP contribution in [0.25, 0.3) is 0 Å². The predicted molar refractivity (Wildman–Crippen MR) is 31.4 cm³/mol. The Bertz CT molecular complexity index is 37.4. The zero-order valence-electron chi connectivity index (χ0n) is 4.11. The summed E-state index contributed by atoms with van der Waals surface area (Å²) in [6, 6.07) is 0. The molecule has 0 aromatic heterocycles. The van der Waals surface area contributed by atoms with Gasteiger partial charge in [0.25, 0.3) is 0 Å². The second-order valence-electron chi connectivity index (χ2n) is 1.82. The van der Waals surface area contributed by atoms with Crippen LogP contribution < -0.4 is 0 Å². The molecule has 1 heterocycles. The highest BCUT2D eigenvalue weighted by atomic mass is 16.5. The van der Waals surface area contributed by atoms with E-state index in [-0.39, 0.29) is 7.43 Å². The highest BCUT2D eigenvalue weighted by Crippen LogP contribution is 2.09. The van der Waals surface area contributed by atoms with Crippen LogP contribution in [0.1, 0.15) is 27.2 Å². The Kier molecular flexibility index (Phi) is 3.01. The van der Waals surface area contributed by atoms with Crippen molar-refractivity contribution in [2.75, 3.05) is 6.61 Å². The van der Waals surface area contributed by atoms with Gasteiger partial charge in [-0.3, -0.25) is 0 Å². The van der Waals surface area contributed by atoms with Crippen LogP contribution in [0.5, 0.6) is 0 Å². The summed E-state index contributed by atoms with van der Waals surface area (Å²) in [6.45, 7) is 3.11. The summed E-state index contributed by atoms with van der Waals surface area (Å²) in [5, 5.41) is 0. The van der Waals surface area contributed by atoms with E-state index in [1.165, 1.54) is 12.8 Å². The standard InChI is InChI=1S/C5H10O.CH4/c1-5-3-2-4-6-5;/h5H,2-4H2,1H3;1H4. The quantitative estimate of drug-likeness (QED) is 0.453. The van der Waals surface area contributed by atoms with Crippen LogP contribution in [0.15, 0.2) is 0 Å². The first kappa shape index (κ1) is 6.96. The molecule has 1 aliphatic heterocycles. The minimum Gasteiger partial charge on any atom is -0.379 e. The Hall–Kier alpha value is -0.0400. The van der Waals surface area contributed by atoms with Gasteiger partial charge in [0, 0.05) is 6.61 Å². The molecule has 0 amide bonds. The highest BCUT2D eigenvalue weighted by Gasteiger charge is 2.07. The summed E-state index contributed by atoms with van der Waals surface area (Å²) in [7, 11) is 0. The van der Waals surface area contributed by atoms with E-state index in [2.05, 4.69) is 6.92 Å². The monoisotopic (exact) mass is 102 g/mol. The molecule has 0 radical (unpaired) electrons. The average Bonchev–Trinajstić information content (AvgIpc) is 1.86. The van der Waals surface area contributed by atoms with E-state index in [9.17, 15) is 0 Å². The molecule has 1 fully saturated rings. The van der Waals surface area contributed by atoms with Gasteiger partial charge in [-0.2, -0.15) is 0 Å². The predicted octanol–water partition coefficient (Wildman–Crippen LogP) is 1.82. The lowest BCUT2D eigenvalue weighted by molar-refractivity contribution is 0.125. The van der Waals surface area contributed by atoms with Gasteiger partial charge in [-0.1, -0.05) is 7.43 Å². The van der Waals surface area contributed by atoms with Gasteiger partial charge in [0.2, 0.25) is 0 Å². The SMILES string of the molecule is C.CC1CCCO1. The zero-order chi connectivity index (χ0) is 4.41. The van der Waals surface area contributed by atoms with E-state index < -0.39 is 0 Å². The molecular weight excluding hydrogens is 88.1 g/mol. The summed E-state index contributed by atoms with van der Waals surface area (Å²) in [5.74, 6) is 0. The van der Waals surface area contributed by atoms with Gasteiger partial charge in [-0.25, -0.2) is 0 Å². The molecule has 1 heteroatoms. The molecule has 0 spiro atoms. The van der Waals surface area contributed by atoms with Crippen LogP contribution in [0, 0.1) is 0 Å². The maximum Gasteiger partial charge on any atom is 0.0547 e. The van der Waals surface area contributed by atoms with Crippen molar-refractivity contribution in [2.45, 2.75) is 33.3 Å². The first-order valence-electron chi connectivity index (χ1n) is 2.51. The Labute approximate surface area is 45.7 Å². The van der Waals surface area contributed by atoms with E-state index in [0.29, 0.717) is 6.10 Å². The second kappa shape index (κ2) is 3.03. The normalized spacial score (nSPS) is 29.6. The first-order valence-corrected chi connectivity index (χ1v) is 2.51. The zero-order valence-corrected chi connectivity index (χ0v) is 4.11. The third kappa shape index (κ3) is 1.93.